The van der Waals surface area contributed by atoms with Gasteiger partial charge in [-0.15, -0.1) is 0 Å². The second-order valence-electron chi connectivity index (χ2n) is 9.03. The summed E-state index contributed by atoms with van der Waals surface area (Å²) in [5.41, 5.74) is 2.43. The third-order valence-electron chi connectivity index (χ3n) is 6.00. The number of benzene rings is 1. The summed E-state index contributed by atoms with van der Waals surface area (Å²) in [5.74, 6) is -1.61. The quantitative estimate of drug-likeness (QED) is 0.797. The van der Waals surface area contributed by atoms with Crippen LogP contribution in [-0.2, 0) is 9.53 Å². The summed E-state index contributed by atoms with van der Waals surface area (Å²) in [6.45, 7) is 5.49. The van der Waals surface area contributed by atoms with Crippen LogP contribution in [0.25, 0.3) is 11.1 Å². The SMILES string of the molecule is CC(C)(C)OC(=O)N1[C@H]2CC[C@@H]1[C@@H](C(=O)O)[C@@H](c1ccc(-c3ccoc3)cc1)C2. The van der Waals surface area contributed by atoms with Crippen LogP contribution in [0.15, 0.2) is 47.3 Å². The molecule has 0 aliphatic carbocycles. The number of piperidine rings is 1. The number of ether oxygens (including phenoxy) is 1. The molecule has 0 spiro atoms. The van der Waals surface area contributed by atoms with E-state index >= 15 is 0 Å². The van der Waals surface area contributed by atoms with Gasteiger partial charge in [-0.1, -0.05) is 24.3 Å². The monoisotopic (exact) mass is 397 g/mol. The standard InChI is InChI=1S/C23H27NO5/c1-23(2,3)29-22(27)24-17-8-9-19(24)20(21(25)26)18(12-17)15-6-4-14(5-7-15)16-10-11-28-13-16/h4-7,10-11,13,17-20H,8-9,12H2,1-3H3,(H,25,26)/t17-,18+,19+,20-/m0/s1. The summed E-state index contributed by atoms with van der Waals surface area (Å²) in [7, 11) is 0. The van der Waals surface area contributed by atoms with Gasteiger partial charge in [0.1, 0.15) is 5.60 Å². The fraction of sp³-hybridized carbons (Fsp3) is 0.478. The van der Waals surface area contributed by atoms with E-state index in [0.717, 1.165) is 23.1 Å². The molecule has 0 saturated carbocycles. The predicted molar refractivity (Wildman–Crippen MR) is 108 cm³/mol. The van der Waals surface area contributed by atoms with Gasteiger partial charge in [-0.3, -0.25) is 4.79 Å². The first-order chi connectivity index (χ1) is 13.7. The fourth-order valence-electron chi connectivity index (χ4n) is 4.83. The molecular formula is C23H27NO5. The van der Waals surface area contributed by atoms with Gasteiger partial charge in [-0.05, 0) is 57.2 Å². The number of rotatable bonds is 3. The van der Waals surface area contributed by atoms with Gasteiger partial charge in [-0.2, -0.15) is 0 Å². The normalized spacial score (nSPS) is 26.4. The van der Waals surface area contributed by atoms with Crippen molar-refractivity contribution in [1.82, 2.24) is 4.90 Å². The van der Waals surface area contributed by atoms with Gasteiger partial charge >= 0.3 is 12.1 Å². The molecule has 4 rings (SSSR count). The minimum absolute atomic E-state index is 0.0176. The molecule has 6 nitrogen and oxygen atoms in total. The highest BCUT2D eigenvalue weighted by Crippen LogP contribution is 2.47. The van der Waals surface area contributed by atoms with Gasteiger partial charge in [0.05, 0.1) is 18.4 Å². The number of amides is 1. The summed E-state index contributed by atoms with van der Waals surface area (Å²) in [4.78, 5) is 26.7. The Bertz CT molecular complexity index is 881. The maximum atomic E-state index is 12.8. The molecule has 1 N–H and O–H groups in total. The minimum Gasteiger partial charge on any atom is -0.481 e. The lowest BCUT2D eigenvalue weighted by Gasteiger charge is -2.43. The highest BCUT2D eigenvalue weighted by Gasteiger charge is 2.53. The lowest BCUT2D eigenvalue weighted by molar-refractivity contribution is -0.146. The molecule has 0 radical (unpaired) electrons. The number of nitrogens with zero attached hydrogens (tertiary/aromatic N) is 1. The maximum Gasteiger partial charge on any atom is 0.410 e. The lowest BCUT2D eigenvalue weighted by atomic mass is 9.76. The van der Waals surface area contributed by atoms with Crippen molar-refractivity contribution in [2.45, 2.75) is 63.6 Å². The van der Waals surface area contributed by atoms with Crippen LogP contribution in [0.5, 0.6) is 0 Å². The van der Waals surface area contributed by atoms with Gasteiger partial charge in [0.2, 0.25) is 0 Å². The first-order valence-corrected chi connectivity index (χ1v) is 10.1. The number of carboxylic acid groups (broad SMARTS) is 1. The Morgan fingerprint density at radius 3 is 2.41 bits per heavy atom. The van der Waals surface area contributed by atoms with E-state index in [1.807, 2.05) is 51.1 Å². The Morgan fingerprint density at radius 1 is 1.10 bits per heavy atom. The van der Waals surface area contributed by atoms with E-state index in [9.17, 15) is 14.7 Å². The van der Waals surface area contributed by atoms with E-state index in [1.165, 1.54) is 0 Å². The van der Waals surface area contributed by atoms with E-state index in [4.69, 9.17) is 9.15 Å². The topological polar surface area (TPSA) is 80.0 Å². The van der Waals surface area contributed by atoms with Gasteiger partial charge in [-0.25, -0.2) is 4.79 Å². The van der Waals surface area contributed by atoms with Crippen LogP contribution in [-0.4, -0.2) is 39.8 Å². The van der Waals surface area contributed by atoms with Crippen LogP contribution < -0.4 is 0 Å². The smallest absolute Gasteiger partial charge is 0.410 e. The van der Waals surface area contributed by atoms with Crippen molar-refractivity contribution in [3.05, 3.63) is 48.4 Å². The molecule has 2 aliphatic rings. The lowest BCUT2D eigenvalue weighted by Crippen LogP contribution is -2.54. The summed E-state index contributed by atoms with van der Waals surface area (Å²) >= 11 is 0. The molecule has 154 valence electrons. The van der Waals surface area contributed by atoms with Crippen LogP contribution in [0.2, 0.25) is 0 Å². The summed E-state index contributed by atoms with van der Waals surface area (Å²) in [6.07, 6.45) is 5.08. The zero-order valence-corrected chi connectivity index (χ0v) is 17.0. The van der Waals surface area contributed by atoms with Crippen molar-refractivity contribution in [1.29, 1.82) is 0 Å². The molecule has 1 amide bonds. The average molecular weight is 397 g/mol. The summed E-state index contributed by atoms with van der Waals surface area (Å²) in [6, 6.07) is 9.59. The van der Waals surface area contributed by atoms with Crippen molar-refractivity contribution >= 4 is 12.1 Å². The Labute approximate surface area is 170 Å². The molecule has 1 aromatic carbocycles. The maximum absolute atomic E-state index is 12.8. The molecule has 2 aromatic rings. The van der Waals surface area contributed by atoms with Crippen LogP contribution >= 0.6 is 0 Å². The molecule has 2 saturated heterocycles. The summed E-state index contributed by atoms with van der Waals surface area (Å²) in [5, 5.41) is 10.0. The molecule has 2 fully saturated rings. The van der Waals surface area contributed by atoms with Crippen LogP contribution in [0, 0.1) is 5.92 Å². The van der Waals surface area contributed by atoms with Crippen molar-refractivity contribution in [2.24, 2.45) is 5.92 Å². The number of carbonyl (C=O) groups excluding carboxylic acids is 1. The number of hydrogen-bond donors (Lipinski definition) is 1. The number of hydrogen-bond acceptors (Lipinski definition) is 4. The second kappa shape index (κ2) is 7.25. The van der Waals surface area contributed by atoms with Crippen molar-refractivity contribution < 1.29 is 23.8 Å². The number of carbonyl (C=O) groups is 2. The molecule has 6 heteroatoms. The Hall–Kier alpha value is -2.76. The molecule has 2 aliphatic heterocycles. The number of fused-ring (bicyclic) bond motifs is 2. The zero-order chi connectivity index (χ0) is 20.8. The molecule has 0 unspecified atom stereocenters. The second-order valence-corrected chi connectivity index (χ2v) is 9.03. The highest BCUT2D eigenvalue weighted by atomic mass is 16.6. The molecule has 1 aromatic heterocycles. The minimum atomic E-state index is -0.854. The van der Waals surface area contributed by atoms with E-state index in [2.05, 4.69) is 0 Å². The van der Waals surface area contributed by atoms with Crippen molar-refractivity contribution in [2.75, 3.05) is 0 Å². The first kappa shape index (κ1) is 19.6. The van der Waals surface area contributed by atoms with Crippen LogP contribution in [0.4, 0.5) is 4.79 Å². The fourth-order valence-corrected chi connectivity index (χ4v) is 4.83. The predicted octanol–water partition coefficient (Wildman–Crippen LogP) is 4.90. The molecular weight excluding hydrogens is 370 g/mol. The highest BCUT2D eigenvalue weighted by molar-refractivity contribution is 5.76. The molecule has 3 heterocycles. The number of aliphatic carboxylic acids is 1. The number of furan rings is 1. The third kappa shape index (κ3) is 3.76. The van der Waals surface area contributed by atoms with Crippen LogP contribution in [0.3, 0.4) is 0 Å². The Morgan fingerprint density at radius 2 is 1.83 bits per heavy atom. The van der Waals surface area contributed by atoms with Gasteiger partial charge in [0, 0.05) is 23.6 Å². The zero-order valence-electron chi connectivity index (χ0n) is 17.0. The largest absolute Gasteiger partial charge is 0.481 e. The molecule has 4 atom stereocenters. The first-order valence-electron chi connectivity index (χ1n) is 10.1. The van der Waals surface area contributed by atoms with Crippen molar-refractivity contribution in [3.63, 3.8) is 0 Å². The van der Waals surface area contributed by atoms with E-state index in [0.29, 0.717) is 12.8 Å². The van der Waals surface area contributed by atoms with Gasteiger partial charge < -0.3 is 19.2 Å². The molecule has 2 bridgehead atoms. The summed E-state index contributed by atoms with van der Waals surface area (Å²) < 4.78 is 10.7. The van der Waals surface area contributed by atoms with E-state index in [-0.39, 0.29) is 18.0 Å². The van der Waals surface area contributed by atoms with E-state index < -0.39 is 23.6 Å². The van der Waals surface area contributed by atoms with Gasteiger partial charge in [0.25, 0.3) is 0 Å². The van der Waals surface area contributed by atoms with Crippen molar-refractivity contribution in [3.8, 4) is 11.1 Å². The van der Waals surface area contributed by atoms with E-state index in [1.54, 1.807) is 17.4 Å². The third-order valence-corrected chi connectivity index (χ3v) is 6.00. The van der Waals surface area contributed by atoms with Crippen LogP contribution in [0.1, 0.15) is 51.5 Å². The number of carboxylic acids is 1. The Kier molecular flexibility index (Phi) is 4.89. The van der Waals surface area contributed by atoms with Gasteiger partial charge in [0.15, 0.2) is 0 Å². The average Bonchev–Trinajstić information content (AvgIpc) is 3.27. The Balaban J connectivity index is 1.60. The molecule has 29 heavy (non-hydrogen) atoms.